The Hall–Kier alpha value is -1.03. The van der Waals surface area contributed by atoms with Gasteiger partial charge in [-0.2, -0.15) is 0 Å². The SMILES string of the molecule is CN(C)C(CN)c1cn(C)c2cc(Cl)ccc12. The van der Waals surface area contributed by atoms with Crippen LogP contribution >= 0.6 is 11.6 Å². The summed E-state index contributed by atoms with van der Waals surface area (Å²) >= 11 is 6.03. The highest BCUT2D eigenvalue weighted by Gasteiger charge is 2.17. The van der Waals surface area contributed by atoms with Crippen LogP contribution in [0.25, 0.3) is 10.9 Å². The Bertz CT molecular complexity index is 531. The summed E-state index contributed by atoms with van der Waals surface area (Å²) in [5, 5.41) is 1.99. The van der Waals surface area contributed by atoms with Crippen LogP contribution in [0.2, 0.25) is 5.02 Å². The van der Waals surface area contributed by atoms with Gasteiger partial charge in [-0.1, -0.05) is 17.7 Å². The first-order valence-corrected chi connectivity index (χ1v) is 6.03. The number of benzene rings is 1. The fraction of sp³-hybridized carbons (Fsp3) is 0.385. The van der Waals surface area contributed by atoms with Gasteiger partial charge < -0.3 is 15.2 Å². The summed E-state index contributed by atoms with van der Waals surface area (Å²) in [6.45, 7) is 0.606. The van der Waals surface area contributed by atoms with Crippen molar-refractivity contribution in [3.63, 3.8) is 0 Å². The minimum Gasteiger partial charge on any atom is -0.350 e. The molecule has 1 atom stereocenters. The van der Waals surface area contributed by atoms with Gasteiger partial charge in [-0.3, -0.25) is 0 Å². The van der Waals surface area contributed by atoms with E-state index in [4.69, 9.17) is 17.3 Å². The van der Waals surface area contributed by atoms with E-state index in [1.807, 2.05) is 33.3 Å². The Morgan fingerprint density at radius 2 is 2.12 bits per heavy atom. The summed E-state index contributed by atoms with van der Waals surface area (Å²) in [7, 11) is 6.13. The van der Waals surface area contributed by atoms with E-state index in [1.165, 1.54) is 10.9 Å². The number of nitrogens with zero attached hydrogens (tertiary/aromatic N) is 2. The highest BCUT2D eigenvalue weighted by Crippen LogP contribution is 2.29. The average Bonchev–Trinajstić information content (AvgIpc) is 2.57. The molecule has 1 aromatic carbocycles. The van der Waals surface area contributed by atoms with Crippen molar-refractivity contribution in [2.75, 3.05) is 20.6 Å². The van der Waals surface area contributed by atoms with Gasteiger partial charge in [-0.05, 0) is 31.8 Å². The molecule has 0 saturated carbocycles. The lowest BCUT2D eigenvalue weighted by Crippen LogP contribution is -2.26. The van der Waals surface area contributed by atoms with E-state index in [9.17, 15) is 0 Å². The van der Waals surface area contributed by atoms with Crippen molar-refractivity contribution in [2.24, 2.45) is 12.8 Å². The van der Waals surface area contributed by atoms with Crippen LogP contribution in [0.15, 0.2) is 24.4 Å². The van der Waals surface area contributed by atoms with Crippen LogP contribution in [0.5, 0.6) is 0 Å². The number of likely N-dealkylation sites (N-methyl/N-ethyl adjacent to an activating group) is 1. The zero-order valence-corrected chi connectivity index (χ0v) is 11.2. The van der Waals surface area contributed by atoms with Crippen molar-refractivity contribution in [1.29, 1.82) is 0 Å². The third-order valence-corrected chi connectivity index (χ3v) is 3.42. The van der Waals surface area contributed by atoms with Gasteiger partial charge in [-0.15, -0.1) is 0 Å². The van der Waals surface area contributed by atoms with Crippen LogP contribution in [-0.2, 0) is 7.05 Å². The molecule has 1 heterocycles. The van der Waals surface area contributed by atoms with Gasteiger partial charge >= 0.3 is 0 Å². The van der Waals surface area contributed by atoms with Gasteiger partial charge in [0.2, 0.25) is 0 Å². The summed E-state index contributed by atoms with van der Waals surface area (Å²) in [6.07, 6.45) is 2.14. The molecule has 17 heavy (non-hydrogen) atoms. The van der Waals surface area contributed by atoms with Crippen LogP contribution < -0.4 is 5.73 Å². The predicted molar refractivity (Wildman–Crippen MR) is 73.4 cm³/mol. The predicted octanol–water partition coefficient (Wildman–Crippen LogP) is 2.39. The van der Waals surface area contributed by atoms with E-state index in [-0.39, 0.29) is 6.04 Å². The van der Waals surface area contributed by atoms with E-state index in [1.54, 1.807) is 0 Å². The average molecular weight is 252 g/mol. The highest BCUT2D eigenvalue weighted by molar-refractivity contribution is 6.31. The number of halogens is 1. The fourth-order valence-electron chi connectivity index (χ4n) is 2.27. The summed E-state index contributed by atoms with van der Waals surface area (Å²) < 4.78 is 2.10. The van der Waals surface area contributed by atoms with Crippen molar-refractivity contribution in [1.82, 2.24) is 9.47 Å². The maximum absolute atomic E-state index is 6.03. The molecular weight excluding hydrogens is 234 g/mol. The monoisotopic (exact) mass is 251 g/mol. The summed E-state index contributed by atoms with van der Waals surface area (Å²) in [4.78, 5) is 2.14. The fourth-order valence-corrected chi connectivity index (χ4v) is 2.44. The first-order valence-electron chi connectivity index (χ1n) is 5.65. The first-order chi connectivity index (χ1) is 8.04. The maximum Gasteiger partial charge on any atom is 0.0496 e. The molecule has 0 aliphatic carbocycles. The molecule has 2 aromatic rings. The van der Waals surface area contributed by atoms with Crippen LogP contribution in [0.1, 0.15) is 11.6 Å². The molecule has 0 bridgehead atoms. The number of aromatic nitrogens is 1. The Kier molecular flexibility index (Phi) is 3.43. The minimum absolute atomic E-state index is 0.236. The zero-order valence-electron chi connectivity index (χ0n) is 10.4. The van der Waals surface area contributed by atoms with Gasteiger partial charge in [0.1, 0.15) is 0 Å². The highest BCUT2D eigenvalue weighted by atomic mass is 35.5. The largest absolute Gasteiger partial charge is 0.350 e. The van der Waals surface area contributed by atoms with Crippen LogP contribution in [-0.4, -0.2) is 30.1 Å². The third-order valence-electron chi connectivity index (χ3n) is 3.19. The molecule has 0 fully saturated rings. The van der Waals surface area contributed by atoms with Gasteiger partial charge in [0.05, 0.1) is 0 Å². The summed E-state index contributed by atoms with van der Waals surface area (Å²) in [5.74, 6) is 0. The van der Waals surface area contributed by atoms with E-state index in [2.05, 4.69) is 21.7 Å². The van der Waals surface area contributed by atoms with Crippen LogP contribution in [0, 0.1) is 0 Å². The van der Waals surface area contributed by atoms with Gasteiger partial charge in [0.15, 0.2) is 0 Å². The number of aryl methyl sites for hydroxylation is 1. The number of fused-ring (bicyclic) bond motifs is 1. The second-order valence-electron chi connectivity index (χ2n) is 4.57. The maximum atomic E-state index is 6.03. The molecule has 0 aliphatic heterocycles. The van der Waals surface area contributed by atoms with E-state index >= 15 is 0 Å². The zero-order chi connectivity index (χ0) is 12.6. The molecule has 1 unspecified atom stereocenters. The van der Waals surface area contributed by atoms with Crippen molar-refractivity contribution in [2.45, 2.75) is 6.04 Å². The second-order valence-corrected chi connectivity index (χ2v) is 5.01. The topological polar surface area (TPSA) is 34.2 Å². The van der Waals surface area contributed by atoms with Crippen molar-refractivity contribution >= 4 is 22.5 Å². The standard InChI is InChI=1S/C13H18ClN3/c1-16(2)13(7-15)11-8-17(3)12-6-9(14)4-5-10(11)12/h4-6,8,13H,7,15H2,1-3H3. The molecule has 3 nitrogen and oxygen atoms in total. The van der Waals surface area contributed by atoms with Gasteiger partial charge in [-0.25, -0.2) is 0 Å². The molecule has 2 N–H and O–H groups in total. The molecule has 0 spiro atoms. The Balaban J connectivity index is 2.62. The number of nitrogens with two attached hydrogens (primary N) is 1. The van der Waals surface area contributed by atoms with E-state index in [0.29, 0.717) is 6.54 Å². The quantitative estimate of drug-likeness (QED) is 0.909. The first kappa shape index (κ1) is 12.4. The Morgan fingerprint density at radius 1 is 1.41 bits per heavy atom. The van der Waals surface area contributed by atoms with Crippen LogP contribution in [0.4, 0.5) is 0 Å². The number of hydrogen-bond donors (Lipinski definition) is 1. The minimum atomic E-state index is 0.236. The molecule has 0 aliphatic rings. The lowest BCUT2D eigenvalue weighted by molar-refractivity contribution is 0.307. The van der Waals surface area contributed by atoms with Crippen molar-refractivity contribution in [3.05, 3.63) is 35.0 Å². The summed E-state index contributed by atoms with van der Waals surface area (Å²) in [5.41, 5.74) is 8.26. The van der Waals surface area contributed by atoms with E-state index < -0.39 is 0 Å². The molecule has 0 saturated heterocycles. The second kappa shape index (κ2) is 4.69. The molecule has 0 amide bonds. The summed E-state index contributed by atoms with van der Waals surface area (Å²) in [6, 6.07) is 6.22. The Labute approximate surface area is 107 Å². The molecule has 1 aromatic heterocycles. The normalized spacial score (nSPS) is 13.5. The van der Waals surface area contributed by atoms with Gasteiger partial charge in [0.25, 0.3) is 0 Å². The van der Waals surface area contributed by atoms with Gasteiger partial charge in [0, 0.05) is 41.8 Å². The van der Waals surface area contributed by atoms with Crippen LogP contribution in [0.3, 0.4) is 0 Å². The number of hydrogen-bond acceptors (Lipinski definition) is 2. The lowest BCUT2D eigenvalue weighted by atomic mass is 10.1. The lowest BCUT2D eigenvalue weighted by Gasteiger charge is -2.22. The molecule has 92 valence electrons. The van der Waals surface area contributed by atoms with E-state index in [0.717, 1.165) is 10.5 Å². The van der Waals surface area contributed by atoms with Crippen molar-refractivity contribution in [3.8, 4) is 0 Å². The molecular formula is C13H18ClN3. The molecule has 0 radical (unpaired) electrons. The number of rotatable bonds is 3. The van der Waals surface area contributed by atoms with Crippen molar-refractivity contribution < 1.29 is 0 Å². The smallest absolute Gasteiger partial charge is 0.0496 e. The molecule has 2 rings (SSSR count). The molecule has 4 heteroatoms. The Morgan fingerprint density at radius 3 is 2.71 bits per heavy atom. The third kappa shape index (κ3) is 2.18.